The molecule has 8 heteroatoms. The van der Waals surface area contributed by atoms with Crippen LogP contribution < -0.4 is 10.2 Å². The first-order valence-electron chi connectivity index (χ1n) is 9.33. The van der Waals surface area contributed by atoms with Crippen LogP contribution in [0.15, 0.2) is 48.8 Å². The number of aromatic nitrogens is 2. The Bertz CT molecular complexity index is 1170. The summed E-state index contributed by atoms with van der Waals surface area (Å²) in [5.74, 6) is -1.83. The highest BCUT2D eigenvalue weighted by Gasteiger charge is 2.33. The third-order valence-electron chi connectivity index (χ3n) is 5.01. The monoisotopic (exact) mass is 424 g/mol. The van der Waals surface area contributed by atoms with E-state index in [4.69, 9.17) is 11.6 Å². The van der Waals surface area contributed by atoms with Crippen LogP contribution in [0.4, 0.5) is 15.8 Å². The minimum Gasteiger partial charge on any atom is -0.324 e. The Kier molecular flexibility index (Phi) is 5.22. The molecular weight excluding hydrogens is 407 g/mol. The summed E-state index contributed by atoms with van der Waals surface area (Å²) in [6, 6.07) is 9.39. The van der Waals surface area contributed by atoms with Crippen molar-refractivity contribution in [1.29, 1.82) is 0 Å². The summed E-state index contributed by atoms with van der Waals surface area (Å²) in [5.41, 5.74) is 3.65. The van der Waals surface area contributed by atoms with Gasteiger partial charge < -0.3 is 10.2 Å². The summed E-state index contributed by atoms with van der Waals surface area (Å²) in [6.07, 6.45) is 3.33. The van der Waals surface area contributed by atoms with Crippen LogP contribution in [0.1, 0.15) is 24.1 Å². The van der Waals surface area contributed by atoms with E-state index in [0.717, 1.165) is 11.6 Å². The minimum atomic E-state index is -0.637. The number of carbonyl (C=O) groups excluding carboxylic acids is 2. The molecule has 0 aliphatic carbocycles. The molecule has 0 bridgehead atoms. The molecule has 0 fully saturated rings. The van der Waals surface area contributed by atoms with Crippen molar-refractivity contribution in [2.45, 2.75) is 19.8 Å². The molecule has 0 radical (unpaired) electrons. The zero-order valence-corrected chi connectivity index (χ0v) is 17.1. The predicted octanol–water partition coefficient (Wildman–Crippen LogP) is 4.33. The van der Waals surface area contributed by atoms with E-state index < -0.39 is 17.6 Å². The molecule has 3 aromatic rings. The van der Waals surface area contributed by atoms with E-state index >= 15 is 0 Å². The van der Waals surface area contributed by atoms with Gasteiger partial charge in [-0.15, -0.1) is 0 Å². The number of carbonyl (C=O) groups is 2. The molecule has 1 N–H and O–H groups in total. The van der Waals surface area contributed by atoms with Crippen LogP contribution in [-0.4, -0.2) is 28.3 Å². The van der Waals surface area contributed by atoms with Gasteiger partial charge in [0, 0.05) is 29.3 Å². The Morgan fingerprint density at radius 1 is 1.27 bits per heavy atom. The molecule has 2 aromatic heterocycles. The van der Waals surface area contributed by atoms with Crippen LogP contribution in [0.5, 0.6) is 0 Å². The summed E-state index contributed by atoms with van der Waals surface area (Å²) in [6.45, 7) is 3.36. The molecule has 1 aliphatic heterocycles. The lowest BCUT2D eigenvalue weighted by Gasteiger charge is -2.24. The zero-order chi connectivity index (χ0) is 21.4. The van der Waals surface area contributed by atoms with E-state index in [0.29, 0.717) is 22.6 Å². The van der Waals surface area contributed by atoms with Crippen molar-refractivity contribution >= 4 is 34.8 Å². The van der Waals surface area contributed by atoms with Gasteiger partial charge in [0.1, 0.15) is 12.4 Å². The number of halogens is 2. The lowest BCUT2D eigenvalue weighted by molar-refractivity contribution is -0.122. The second-order valence-corrected chi connectivity index (χ2v) is 7.51. The zero-order valence-electron chi connectivity index (χ0n) is 16.3. The number of anilines is 2. The molecular formula is C22H18ClFN4O2. The first-order chi connectivity index (χ1) is 14.3. The topological polar surface area (TPSA) is 75.2 Å². The number of pyridine rings is 2. The van der Waals surface area contributed by atoms with Gasteiger partial charge in [-0.1, -0.05) is 17.7 Å². The number of benzene rings is 1. The number of fused-ring (bicyclic) bond motifs is 3. The van der Waals surface area contributed by atoms with Gasteiger partial charge in [0.2, 0.25) is 11.8 Å². The second kappa shape index (κ2) is 7.84. The Morgan fingerprint density at radius 3 is 2.83 bits per heavy atom. The van der Waals surface area contributed by atoms with Gasteiger partial charge in [-0.2, -0.15) is 0 Å². The molecule has 1 atom stereocenters. The Morgan fingerprint density at radius 2 is 2.07 bits per heavy atom. The van der Waals surface area contributed by atoms with Crippen LogP contribution in [0, 0.1) is 12.7 Å². The Balaban J connectivity index is 1.70. The van der Waals surface area contributed by atoms with E-state index in [2.05, 4.69) is 15.3 Å². The third-order valence-corrected chi connectivity index (χ3v) is 5.32. The van der Waals surface area contributed by atoms with E-state index in [1.807, 2.05) is 13.0 Å². The van der Waals surface area contributed by atoms with Crippen molar-refractivity contribution < 1.29 is 14.0 Å². The fraction of sp³-hybridized carbons (Fsp3) is 0.182. The number of nitrogens with one attached hydrogen (secondary N) is 1. The predicted molar refractivity (Wildman–Crippen MR) is 113 cm³/mol. The van der Waals surface area contributed by atoms with Crippen molar-refractivity contribution in [3.63, 3.8) is 0 Å². The largest absolute Gasteiger partial charge is 0.324 e. The number of nitrogens with zero attached hydrogens (tertiary/aromatic N) is 3. The van der Waals surface area contributed by atoms with E-state index in [-0.39, 0.29) is 23.2 Å². The van der Waals surface area contributed by atoms with Crippen molar-refractivity contribution in [3.8, 4) is 11.3 Å². The lowest BCUT2D eigenvalue weighted by atomic mass is 9.97. The van der Waals surface area contributed by atoms with Crippen molar-refractivity contribution in [2.24, 2.45) is 0 Å². The first-order valence-corrected chi connectivity index (χ1v) is 9.71. The number of hydrogen-bond acceptors (Lipinski definition) is 4. The Labute approximate surface area is 177 Å². The lowest BCUT2D eigenvalue weighted by Crippen LogP contribution is -2.40. The van der Waals surface area contributed by atoms with Gasteiger partial charge >= 0.3 is 0 Å². The molecule has 0 saturated carbocycles. The fourth-order valence-electron chi connectivity index (χ4n) is 3.51. The highest BCUT2D eigenvalue weighted by molar-refractivity contribution is 6.30. The summed E-state index contributed by atoms with van der Waals surface area (Å²) in [7, 11) is 0. The molecule has 0 saturated heterocycles. The van der Waals surface area contributed by atoms with Crippen LogP contribution in [0.3, 0.4) is 0 Å². The number of hydrogen-bond donors (Lipinski definition) is 1. The molecule has 6 nitrogen and oxygen atoms in total. The maximum Gasteiger partial charge on any atom is 0.244 e. The molecule has 0 unspecified atom stereocenters. The smallest absolute Gasteiger partial charge is 0.244 e. The van der Waals surface area contributed by atoms with Gasteiger partial charge in [0.25, 0.3) is 0 Å². The summed E-state index contributed by atoms with van der Waals surface area (Å²) in [4.78, 5) is 36.2. The standard InChI is InChI=1S/C22H18ClFN4O2/c1-12-8-19-16(10-26-12)21-15(4-3-7-25-21)13(2)22(30)28(19)11-20(29)27-14-5-6-17(23)18(24)9-14/h3-10,13H,11H2,1-2H3,(H,27,29)/t13-/m1/s1. The summed E-state index contributed by atoms with van der Waals surface area (Å²) < 4.78 is 13.7. The van der Waals surface area contributed by atoms with Crippen LogP contribution in [0.25, 0.3) is 11.3 Å². The minimum absolute atomic E-state index is 0.0355. The van der Waals surface area contributed by atoms with Gasteiger partial charge in [-0.05, 0) is 49.7 Å². The first kappa shape index (κ1) is 20.0. The quantitative estimate of drug-likeness (QED) is 0.678. The molecule has 152 valence electrons. The number of aryl methyl sites for hydroxylation is 1. The van der Waals surface area contributed by atoms with E-state index in [1.54, 1.807) is 31.5 Å². The molecule has 30 heavy (non-hydrogen) atoms. The maximum absolute atomic E-state index is 13.7. The fourth-order valence-corrected chi connectivity index (χ4v) is 3.63. The average molecular weight is 425 g/mol. The van der Waals surface area contributed by atoms with Crippen LogP contribution >= 0.6 is 11.6 Å². The van der Waals surface area contributed by atoms with Gasteiger partial charge in [0.05, 0.1) is 22.3 Å². The summed E-state index contributed by atoms with van der Waals surface area (Å²) >= 11 is 5.69. The maximum atomic E-state index is 13.7. The van der Waals surface area contributed by atoms with E-state index in [9.17, 15) is 14.0 Å². The second-order valence-electron chi connectivity index (χ2n) is 7.11. The third kappa shape index (κ3) is 3.64. The highest BCUT2D eigenvalue weighted by Crippen LogP contribution is 2.39. The van der Waals surface area contributed by atoms with Crippen molar-refractivity contribution in [3.05, 3.63) is 70.9 Å². The summed E-state index contributed by atoms with van der Waals surface area (Å²) in [5, 5.41) is 2.58. The average Bonchev–Trinajstić information content (AvgIpc) is 2.80. The molecule has 0 spiro atoms. The number of amides is 2. The SMILES string of the molecule is Cc1cc2c(cn1)-c1ncccc1[C@@H](C)C(=O)N2CC(=O)Nc1ccc(Cl)c(F)c1. The van der Waals surface area contributed by atoms with Crippen LogP contribution in [-0.2, 0) is 9.59 Å². The molecule has 1 aliphatic rings. The van der Waals surface area contributed by atoms with Gasteiger partial charge in [-0.25, -0.2) is 4.39 Å². The van der Waals surface area contributed by atoms with Crippen molar-refractivity contribution in [1.82, 2.24) is 9.97 Å². The number of rotatable bonds is 3. The van der Waals surface area contributed by atoms with E-state index in [1.165, 1.54) is 17.0 Å². The van der Waals surface area contributed by atoms with Gasteiger partial charge in [-0.3, -0.25) is 19.6 Å². The van der Waals surface area contributed by atoms with Gasteiger partial charge in [0.15, 0.2) is 0 Å². The van der Waals surface area contributed by atoms with Crippen molar-refractivity contribution in [2.75, 3.05) is 16.8 Å². The highest BCUT2D eigenvalue weighted by atomic mass is 35.5. The molecule has 2 amide bonds. The van der Waals surface area contributed by atoms with Crippen LogP contribution in [0.2, 0.25) is 5.02 Å². The normalized spacial score (nSPS) is 15.3. The molecule has 3 heterocycles. The Hall–Kier alpha value is -3.32. The molecule has 1 aromatic carbocycles. The molecule has 4 rings (SSSR count).